The standard InChI is InChI=1S/C17H18N2OS/c1-11(18-9-16-12(2)19-10-21-16)14-8-7-13-5-3-4-6-15(13)17(14)20/h3-8,10-11,18,20H,9H2,1-2H3. The quantitative estimate of drug-likeness (QED) is 0.760. The number of hydrogen-bond acceptors (Lipinski definition) is 4. The van der Waals surface area contributed by atoms with Crippen molar-refractivity contribution in [1.29, 1.82) is 0 Å². The van der Waals surface area contributed by atoms with Crippen molar-refractivity contribution in [3.05, 3.63) is 58.0 Å². The summed E-state index contributed by atoms with van der Waals surface area (Å²) in [6.45, 7) is 4.86. The van der Waals surface area contributed by atoms with E-state index in [1.54, 1.807) is 11.3 Å². The van der Waals surface area contributed by atoms with Crippen molar-refractivity contribution in [2.45, 2.75) is 26.4 Å². The number of thiazole rings is 1. The summed E-state index contributed by atoms with van der Waals surface area (Å²) in [6, 6.07) is 12.0. The van der Waals surface area contributed by atoms with Gasteiger partial charge in [-0.2, -0.15) is 0 Å². The minimum Gasteiger partial charge on any atom is -0.507 e. The fourth-order valence-corrected chi connectivity index (χ4v) is 3.20. The summed E-state index contributed by atoms with van der Waals surface area (Å²) in [5.41, 5.74) is 3.86. The van der Waals surface area contributed by atoms with Crippen LogP contribution in [0.25, 0.3) is 10.8 Å². The minimum absolute atomic E-state index is 0.0797. The summed E-state index contributed by atoms with van der Waals surface area (Å²) in [5, 5.41) is 15.9. The van der Waals surface area contributed by atoms with E-state index in [2.05, 4.69) is 23.3 Å². The lowest BCUT2D eigenvalue weighted by Gasteiger charge is -2.16. The van der Waals surface area contributed by atoms with E-state index in [4.69, 9.17) is 0 Å². The number of fused-ring (bicyclic) bond motifs is 1. The fraction of sp³-hybridized carbons (Fsp3) is 0.235. The number of aromatic hydroxyl groups is 1. The number of phenolic OH excluding ortho intramolecular Hbond substituents is 1. The van der Waals surface area contributed by atoms with E-state index in [1.165, 1.54) is 4.88 Å². The molecule has 3 nitrogen and oxygen atoms in total. The van der Waals surface area contributed by atoms with Gasteiger partial charge in [0, 0.05) is 28.4 Å². The first kappa shape index (κ1) is 14.0. The van der Waals surface area contributed by atoms with Crippen LogP contribution >= 0.6 is 11.3 Å². The van der Waals surface area contributed by atoms with Crippen molar-refractivity contribution in [2.75, 3.05) is 0 Å². The third-order valence-electron chi connectivity index (χ3n) is 3.81. The summed E-state index contributed by atoms with van der Waals surface area (Å²) < 4.78 is 0. The van der Waals surface area contributed by atoms with Crippen LogP contribution in [-0.2, 0) is 6.54 Å². The predicted octanol–water partition coefficient (Wildman–Crippen LogP) is 4.16. The third kappa shape index (κ3) is 2.77. The number of rotatable bonds is 4. The highest BCUT2D eigenvalue weighted by molar-refractivity contribution is 7.09. The van der Waals surface area contributed by atoms with Gasteiger partial charge in [-0.15, -0.1) is 11.3 Å². The zero-order chi connectivity index (χ0) is 14.8. The number of hydrogen-bond donors (Lipinski definition) is 2. The average Bonchev–Trinajstić information content (AvgIpc) is 2.91. The van der Waals surface area contributed by atoms with Crippen LogP contribution in [0.15, 0.2) is 41.9 Å². The summed E-state index contributed by atoms with van der Waals surface area (Å²) in [7, 11) is 0. The van der Waals surface area contributed by atoms with Gasteiger partial charge in [-0.25, -0.2) is 4.98 Å². The monoisotopic (exact) mass is 298 g/mol. The van der Waals surface area contributed by atoms with Crippen LogP contribution in [0.1, 0.15) is 29.1 Å². The normalized spacial score (nSPS) is 12.7. The van der Waals surface area contributed by atoms with Crippen molar-refractivity contribution in [3.63, 3.8) is 0 Å². The molecule has 1 aromatic heterocycles. The maximum absolute atomic E-state index is 10.5. The van der Waals surface area contributed by atoms with Gasteiger partial charge in [0.2, 0.25) is 0 Å². The van der Waals surface area contributed by atoms with Crippen LogP contribution in [0.5, 0.6) is 5.75 Å². The van der Waals surface area contributed by atoms with Crippen LogP contribution in [0.3, 0.4) is 0 Å². The number of benzene rings is 2. The Kier molecular flexibility index (Phi) is 3.90. The van der Waals surface area contributed by atoms with Crippen LogP contribution in [0.4, 0.5) is 0 Å². The molecule has 0 saturated heterocycles. The summed E-state index contributed by atoms with van der Waals surface area (Å²) in [6.07, 6.45) is 0. The van der Waals surface area contributed by atoms with Crippen LogP contribution in [0.2, 0.25) is 0 Å². The molecule has 3 rings (SSSR count). The molecule has 1 atom stereocenters. The number of nitrogens with one attached hydrogen (secondary N) is 1. The number of nitrogens with zero attached hydrogens (tertiary/aromatic N) is 1. The highest BCUT2D eigenvalue weighted by Crippen LogP contribution is 2.32. The second-order valence-electron chi connectivity index (χ2n) is 5.19. The fourth-order valence-electron chi connectivity index (χ4n) is 2.47. The minimum atomic E-state index is 0.0797. The van der Waals surface area contributed by atoms with Crippen molar-refractivity contribution in [2.24, 2.45) is 0 Å². The van der Waals surface area contributed by atoms with E-state index in [0.717, 1.165) is 28.6 Å². The molecule has 0 radical (unpaired) electrons. The molecule has 2 N–H and O–H groups in total. The topological polar surface area (TPSA) is 45.2 Å². The Labute approximate surface area is 128 Å². The highest BCUT2D eigenvalue weighted by atomic mass is 32.1. The Bertz CT molecular complexity index is 766. The molecule has 2 aromatic carbocycles. The van der Waals surface area contributed by atoms with Gasteiger partial charge in [0.05, 0.1) is 11.2 Å². The molecule has 0 bridgehead atoms. The molecule has 4 heteroatoms. The van der Waals surface area contributed by atoms with Crippen molar-refractivity contribution in [1.82, 2.24) is 10.3 Å². The van der Waals surface area contributed by atoms with E-state index in [-0.39, 0.29) is 6.04 Å². The highest BCUT2D eigenvalue weighted by Gasteiger charge is 2.13. The Morgan fingerprint density at radius 1 is 1.24 bits per heavy atom. The zero-order valence-electron chi connectivity index (χ0n) is 12.1. The molecule has 0 aliphatic carbocycles. The maximum atomic E-state index is 10.5. The molecular formula is C17H18N2OS. The number of phenols is 1. The molecule has 1 unspecified atom stereocenters. The van der Waals surface area contributed by atoms with Crippen LogP contribution < -0.4 is 5.32 Å². The molecule has 0 spiro atoms. The number of aryl methyl sites for hydroxylation is 1. The van der Waals surface area contributed by atoms with E-state index >= 15 is 0 Å². The van der Waals surface area contributed by atoms with Crippen molar-refractivity contribution >= 4 is 22.1 Å². The first-order valence-electron chi connectivity index (χ1n) is 7.00. The molecule has 108 valence electrons. The lowest BCUT2D eigenvalue weighted by atomic mass is 10.0. The second kappa shape index (κ2) is 5.84. The molecule has 3 aromatic rings. The molecule has 1 heterocycles. The van der Waals surface area contributed by atoms with Gasteiger partial charge in [0.15, 0.2) is 0 Å². The summed E-state index contributed by atoms with van der Waals surface area (Å²) >= 11 is 1.66. The predicted molar refractivity (Wildman–Crippen MR) is 87.7 cm³/mol. The van der Waals surface area contributed by atoms with Gasteiger partial charge in [0.25, 0.3) is 0 Å². The molecule has 0 saturated carbocycles. The van der Waals surface area contributed by atoms with E-state index in [0.29, 0.717) is 5.75 Å². The molecular weight excluding hydrogens is 280 g/mol. The van der Waals surface area contributed by atoms with Gasteiger partial charge in [-0.05, 0) is 19.2 Å². The van der Waals surface area contributed by atoms with E-state index in [1.807, 2.05) is 42.8 Å². The smallest absolute Gasteiger partial charge is 0.128 e. The lowest BCUT2D eigenvalue weighted by Crippen LogP contribution is -2.18. The Morgan fingerprint density at radius 2 is 2.05 bits per heavy atom. The van der Waals surface area contributed by atoms with E-state index < -0.39 is 0 Å². The van der Waals surface area contributed by atoms with E-state index in [9.17, 15) is 5.11 Å². The molecule has 0 aliphatic rings. The van der Waals surface area contributed by atoms with Gasteiger partial charge >= 0.3 is 0 Å². The van der Waals surface area contributed by atoms with Gasteiger partial charge in [-0.1, -0.05) is 36.4 Å². The molecule has 21 heavy (non-hydrogen) atoms. The molecule has 0 amide bonds. The maximum Gasteiger partial charge on any atom is 0.128 e. The van der Waals surface area contributed by atoms with Gasteiger partial charge in [-0.3, -0.25) is 0 Å². The average molecular weight is 298 g/mol. The van der Waals surface area contributed by atoms with Crippen LogP contribution in [0, 0.1) is 6.92 Å². The third-order valence-corrected chi connectivity index (χ3v) is 4.75. The Hall–Kier alpha value is -1.91. The van der Waals surface area contributed by atoms with Gasteiger partial charge < -0.3 is 10.4 Å². The SMILES string of the molecule is Cc1ncsc1CNC(C)c1ccc2ccccc2c1O. The summed E-state index contributed by atoms with van der Waals surface area (Å²) in [5.74, 6) is 0.370. The molecule has 0 fully saturated rings. The first-order valence-corrected chi connectivity index (χ1v) is 7.87. The van der Waals surface area contributed by atoms with Crippen molar-refractivity contribution in [3.8, 4) is 5.75 Å². The largest absolute Gasteiger partial charge is 0.507 e. The number of aromatic nitrogens is 1. The molecule has 0 aliphatic heterocycles. The van der Waals surface area contributed by atoms with Crippen LogP contribution in [-0.4, -0.2) is 10.1 Å². The van der Waals surface area contributed by atoms with Gasteiger partial charge in [0.1, 0.15) is 5.75 Å². The van der Waals surface area contributed by atoms with Crippen molar-refractivity contribution < 1.29 is 5.11 Å². The lowest BCUT2D eigenvalue weighted by molar-refractivity contribution is 0.458. The Balaban J connectivity index is 1.83. The summed E-state index contributed by atoms with van der Waals surface area (Å²) in [4.78, 5) is 5.49. The zero-order valence-corrected chi connectivity index (χ0v) is 12.9. The second-order valence-corrected chi connectivity index (χ2v) is 6.13. The first-order chi connectivity index (χ1) is 10.2. The Morgan fingerprint density at radius 3 is 2.81 bits per heavy atom.